The summed E-state index contributed by atoms with van der Waals surface area (Å²) in [4.78, 5) is 13.9. The lowest BCUT2D eigenvalue weighted by atomic mass is 9.55. The Morgan fingerprint density at radius 3 is 1.56 bits per heavy atom. The van der Waals surface area contributed by atoms with E-state index in [2.05, 4.69) is 13.0 Å². The zero-order valence-electron chi connectivity index (χ0n) is 52.0. The van der Waals surface area contributed by atoms with Crippen molar-refractivity contribution in [1.82, 2.24) is 0 Å². The normalized spacial score (nSPS) is 51.5. The van der Waals surface area contributed by atoms with Gasteiger partial charge in [-0.05, 0) is 83.1 Å². The number of hydrogen-bond acceptors (Lipinski definition) is 27. The van der Waals surface area contributed by atoms with Crippen LogP contribution in [-0.4, -0.2) is 268 Å². The van der Waals surface area contributed by atoms with E-state index in [1.54, 1.807) is 28.3 Å². The standard InChI is InChI=1S/C61H96O27/c1-26-52(35(70-7)18-42(76-26)80-32-15-16-60(5)31(17-32)12-13-33-34(60)14-11-30-24-74-61(6)46(30)41(25-75-61)81-57(33)69)84-43-19-36(71-8)53(27(2)77-43)85-44-20-37(72-9)54(28(3)78-44)86-45-21-38(73-10)55(29(4)79-45)87-59-51(68)49(66)56(40(23-63)83-59)88-58-50(67)48(65)47(64)39(22-62)82-58/h12,24,26-29,32-56,58-59,62-68H,11,13-23,25H2,1-10H3/t26-,27+,28+,29-,32+,33-,34+,35-,36-,37-,38-,39-,40-,41-,42+,43-,44-,45+,46-,47-,48+,49-,50-,51-,52-,53+,54+,55-,56-,58+,59+,60+,61+/m1/s1. The van der Waals surface area contributed by atoms with Crippen LogP contribution in [0, 0.1) is 23.2 Å². The van der Waals surface area contributed by atoms with Gasteiger partial charge in [0.05, 0.1) is 92.9 Å². The van der Waals surface area contributed by atoms with Crippen LogP contribution < -0.4 is 0 Å². The number of carbonyl (C=O) groups excluding carboxylic acids is 1. The molecule has 27 nitrogen and oxygen atoms in total. The van der Waals surface area contributed by atoms with Crippen molar-refractivity contribution in [1.29, 1.82) is 0 Å². The van der Waals surface area contributed by atoms with Gasteiger partial charge in [0.25, 0.3) is 0 Å². The van der Waals surface area contributed by atoms with Gasteiger partial charge in [0.2, 0.25) is 5.79 Å². The molecule has 502 valence electrons. The fraction of sp³-hybridized carbons (Fsp3) is 0.918. The first kappa shape index (κ1) is 67.2. The summed E-state index contributed by atoms with van der Waals surface area (Å²) in [5.41, 5.74) is 2.34. The zero-order chi connectivity index (χ0) is 62.7. The average molecular weight is 1260 g/mol. The molecule has 0 unspecified atom stereocenters. The van der Waals surface area contributed by atoms with Gasteiger partial charge in [-0.15, -0.1) is 0 Å². The van der Waals surface area contributed by atoms with Crippen LogP contribution >= 0.6 is 0 Å². The van der Waals surface area contributed by atoms with Gasteiger partial charge in [0.1, 0.15) is 79.4 Å². The first-order valence-electron chi connectivity index (χ1n) is 31.6. The second-order valence-electron chi connectivity index (χ2n) is 26.3. The summed E-state index contributed by atoms with van der Waals surface area (Å²) in [6.45, 7) is 10.6. The predicted octanol–water partition coefficient (Wildman–Crippen LogP) is 0.871. The van der Waals surface area contributed by atoms with Crippen molar-refractivity contribution in [3.05, 3.63) is 23.5 Å². The first-order valence-corrected chi connectivity index (χ1v) is 31.6. The summed E-state index contributed by atoms with van der Waals surface area (Å²) in [7, 11) is 6.36. The van der Waals surface area contributed by atoms with Gasteiger partial charge in [0.15, 0.2) is 37.7 Å². The Bertz CT molecular complexity index is 2380. The molecule has 11 aliphatic rings. The quantitative estimate of drug-likeness (QED) is 0.0740. The van der Waals surface area contributed by atoms with Crippen molar-refractivity contribution < 1.29 is 131 Å². The summed E-state index contributed by atoms with van der Waals surface area (Å²) in [6, 6.07) is 0. The van der Waals surface area contributed by atoms with E-state index in [-0.39, 0.29) is 60.3 Å². The Morgan fingerprint density at radius 2 is 1.05 bits per heavy atom. The van der Waals surface area contributed by atoms with Crippen molar-refractivity contribution in [2.75, 3.05) is 48.3 Å². The van der Waals surface area contributed by atoms with Gasteiger partial charge in [-0.25, -0.2) is 0 Å². The third-order valence-electron chi connectivity index (χ3n) is 20.9. The molecule has 27 heteroatoms. The van der Waals surface area contributed by atoms with Crippen molar-refractivity contribution in [2.24, 2.45) is 23.2 Å². The summed E-state index contributed by atoms with van der Waals surface area (Å²) in [5.74, 6) is -1.08. The van der Waals surface area contributed by atoms with E-state index in [1.165, 1.54) is 18.3 Å². The highest BCUT2D eigenvalue weighted by Crippen LogP contribution is 2.57. The molecule has 9 aliphatic heterocycles. The van der Waals surface area contributed by atoms with Crippen molar-refractivity contribution in [2.45, 2.75) is 284 Å². The van der Waals surface area contributed by atoms with Gasteiger partial charge in [-0.2, -0.15) is 0 Å². The number of rotatable bonds is 18. The monoisotopic (exact) mass is 1260 g/mol. The Balaban J connectivity index is 0.638. The number of aliphatic hydroxyl groups excluding tert-OH is 7. The highest BCUT2D eigenvalue weighted by molar-refractivity contribution is 5.74. The molecule has 0 amide bonds. The molecule has 11 rings (SSSR count). The minimum atomic E-state index is -1.81. The van der Waals surface area contributed by atoms with Crippen LogP contribution in [0.25, 0.3) is 0 Å². The highest BCUT2D eigenvalue weighted by Gasteiger charge is 2.59. The molecule has 0 spiro atoms. The number of ether oxygens (including phenoxy) is 19. The van der Waals surface area contributed by atoms with Gasteiger partial charge >= 0.3 is 5.97 Å². The van der Waals surface area contributed by atoms with Crippen molar-refractivity contribution >= 4 is 5.97 Å². The minimum Gasteiger partial charge on any atom is -0.469 e. The molecule has 8 saturated heterocycles. The van der Waals surface area contributed by atoms with Crippen molar-refractivity contribution in [3.8, 4) is 0 Å². The first-order chi connectivity index (χ1) is 42.1. The van der Waals surface area contributed by atoms with Gasteiger partial charge < -0.3 is 126 Å². The lowest BCUT2D eigenvalue weighted by Crippen LogP contribution is -2.65. The van der Waals surface area contributed by atoms with E-state index >= 15 is 0 Å². The smallest absolute Gasteiger partial charge is 0.309 e. The second kappa shape index (κ2) is 28.0. The van der Waals surface area contributed by atoms with Gasteiger partial charge in [-0.1, -0.05) is 18.6 Å². The maximum atomic E-state index is 13.9. The molecule has 9 heterocycles. The van der Waals surface area contributed by atoms with Crippen LogP contribution in [0.15, 0.2) is 23.5 Å². The average Bonchev–Trinajstić information content (AvgIpc) is 1.42. The van der Waals surface area contributed by atoms with Crippen LogP contribution in [0.3, 0.4) is 0 Å². The number of aliphatic hydroxyl groups is 7. The van der Waals surface area contributed by atoms with E-state index < -0.39 is 173 Å². The van der Waals surface area contributed by atoms with Crippen LogP contribution in [-0.2, 0) is 94.8 Å². The fourth-order valence-electron chi connectivity index (χ4n) is 15.9. The summed E-state index contributed by atoms with van der Waals surface area (Å²) >= 11 is 0. The molecule has 88 heavy (non-hydrogen) atoms. The molecule has 0 aromatic heterocycles. The molecule has 0 aromatic rings. The van der Waals surface area contributed by atoms with Crippen LogP contribution in [0.4, 0.5) is 0 Å². The third-order valence-corrected chi connectivity index (χ3v) is 20.9. The molecular formula is C61H96O27. The molecule has 0 radical (unpaired) electrons. The molecular weight excluding hydrogens is 1160 g/mol. The molecule has 7 N–H and O–H groups in total. The van der Waals surface area contributed by atoms with Gasteiger partial charge in [-0.3, -0.25) is 4.79 Å². The summed E-state index contributed by atoms with van der Waals surface area (Å²) in [5, 5.41) is 73.4. The predicted molar refractivity (Wildman–Crippen MR) is 298 cm³/mol. The Kier molecular flexibility index (Phi) is 21.4. The third kappa shape index (κ3) is 13.3. The Hall–Kier alpha value is -2.21. The number of hydrogen-bond donors (Lipinski definition) is 7. The molecule has 1 saturated carbocycles. The fourth-order valence-corrected chi connectivity index (χ4v) is 15.9. The number of allylic oxidation sites excluding steroid dienone is 1. The number of esters is 1. The number of methoxy groups -OCH3 is 4. The second-order valence-corrected chi connectivity index (χ2v) is 26.3. The maximum absolute atomic E-state index is 13.9. The van der Waals surface area contributed by atoms with Crippen LogP contribution in [0.5, 0.6) is 0 Å². The summed E-state index contributed by atoms with van der Waals surface area (Å²) in [6.07, 6.45) is -15.9. The summed E-state index contributed by atoms with van der Waals surface area (Å²) < 4.78 is 118. The van der Waals surface area contributed by atoms with Gasteiger partial charge in [0, 0.05) is 61.0 Å². The number of fused-ring (bicyclic) bond motifs is 3. The maximum Gasteiger partial charge on any atom is 0.309 e. The Morgan fingerprint density at radius 1 is 0.568 bits per heavy atom. The molecule has 0 bridgehead atoms. The van der Waals surface area contributed by atoms with Crippen molar-refractivity contribution in [3.63, 3.8) is 0 Å². The van der Waals surface area contributed by atoms with E-state index in [4.69, 9.17) is 90.0 Å². The van der Waals surface area contributed by atoms with Crippen LogP contribution in [0.1, 0.15) is 106 Å². The topological polar surface area (TPSA) is 334 Å². The lowest BCUT2D eigenvalue weighted by Gasteiger charge is -2.51. The number of carbonyl (C=O) groups is 1. The van der Waals surface area contributed by atoms with E-state index in [0.29, 0.717) is 25.9 Å². The van der Waals surface area contributed by atoms with E-state index in [0.717, 1.165) is 32.1 Å². The van der Waals surface area contributed by atoms with E-state index in [9.17, 15) is 40.5 Å². The molecule has 33 atom stereocenters. The SMILES string of the molecule is CO[C@@H]1C[C@H](O[C@H]2CC[C@@]3(C)C(=CC[C@H]4C(=O)O[C@@H]5CO[C@]6(C)OC=C(CC[C@@H]43)[C@H]56)C2)O[C@H](C)[C@H]1O[C@@H]1C[C@@H](OC)[C@@H](O[C@@H]2C[C@@H](OC)[C@@H](O[C@H]3C[C@@H](OC)[C@H](O[C@@H]4O[C@H](CO)[C@@H](O[C@@H]5O[C@H](CO)[C@@H](O)[C@H](O)[C@H]5O)[C@H](O)[C@H]4O)[C@@H](C)O3)[C@H](C)O2)[C@H](C)O1. The molecule has 0 aromatic carbocycles. The molecule has 9 fully saturated rings. The van der Waals surface area contributed by atoms with Crippen LogP contribution in [0.2, 0.25) is 0 Å². The highest BCUT2D eigenvalue weighted by atomic mass is 16.8. The minimum absolute atomic E-state index is 0.0690. The Labute approximate surface area is 513 Å². The van der Waals surface area contributed by atoms with E-state index in [1.807, 2.05) is 34.0 Å². The molecule has 2 aliphatic carbocycles. The largest absolute Gasteiger partial charge is 0.469 e. The lowest BCUT2D eigenvalue weighted by molar-refractivity contribution is -0.376. The zero-order valence-corrected chi connectivity index (χ0v) is 52.0.